The van der Waals surface area contributed by atoms with Gasteiger partial charge in [0.15, 0.2) is 0 Å². The third-order valence-corrected chi connectivity index (χ3v) is 5.28. The summed E-state index contributed by atoms with van der Waals surface area (Å²) in [5.74, 6) is 0.367. The second-order valence-corrected chi connectivity index (χ2v) is 7.66. The highest BCUT2D eigenvalue weighted by atomic mass is 35.5. The molecule has 32 heavy (non-hydrogen) atoms. The SMILES string of the molecule is COc1ccc(CNC(=O)c2cc(-c3cncc(C)c3)ccc2-c2cnccn2)cc1Cl. The lowest BCUT2D eigenvalue weighted by Gasteiger charge is -2.13. The van der Waals surface area contributed by atoms with E-state index in [1.807, 2.05) is 37.3 Å². The first-order valence-corrected chi connectivity index (χ1v) is 10.4. The van der Waals surface area contributed by atoms with Gasteiger partial charge < -0.3 is 10.1 Å². The van der Waals surface area contributed by atoms with E-state index in [-0.39, 0.29) is 5.91 Å². The maximum atomic E-state index is 13.2. The lowest BCUT2D eigenvalue weighted by molar-refractivity contribution is 0.0951. The van der Waals surface area contributed by atoms with Gasteiger partial charge in [0.1, 0.15) is 5.75 Å². The molecule has 160 valence electrons. The van der Waals surface area contributed by atoms with Crippen LogP contribution in [0.15, 0.2) is 73.4 Å². The van der Waals surface area contributed by atoms with Gasteiger partial charge in [0.2, 0.25) is 0 Å². The van der Waals surface area contributed by atoms with Crippen LogP contribution >= 0.6 is 11.6 Å². The highest BCUT2D eigenvalue weighted by molar-refractivity contribution is 6.32. The van der Waals surface area contributed by atoms with Crippen LogP contribution in [0.25, 0.3) is 22.4 Å². The van der Waals surface area contributed by atoms with Crippen molar-refractivity contribution in [2.45, 2.75) is 13.5 Å². The number of carbonyl (C=O) groups excluding carboxylic acids is 1. The monoisotopic (exact) mass is 444 g/mol. The standard InChI is InChI=1S/C25H21ClN4O2/c1-16-9-19(14-28-12-16)18-4-5-20(23-15-27-7-8-29-23)21(11-18)25(31)30-13-17-3-6-24(32-2)22(26)10-17/h3-12,14-15H,13H2,1-2H3,(H,30,31). The number of halogens is 1. The van der Waals surface area contributed by atoms with E-state index in [2.05, 4.69) is 20.3 Å². The van der Waals surface area contributed by atoms with Crippen molar-refractivity contribution in [3.63, 3.8) is 0 Å². The van der Waals surface area contributed by atoms with Crippen molar-refractivity contribution in [2.24, 2.45) is 0 Å². The van der Waals surface area contributed by atoms with Gasteiger partial charge in [-0.05, 0) is 47.9 Å². The molecule has 0 radical (unpaired) electrons. The van der Waals surface area contributed by atoms with Crippen LogP contribution in [0.4, 0.5) is 0 Å². The van der Waals surface area contributed by atoms with E-state index < -0.39 is 0 Å². The van der Waals surface area contributed by atoms with Gasteiger partial charge in [-0.2, -0.15) is 0 Å². The molecule has 0 aliphatic carbocycles. The Labute approximate surface area is 191 Å². The molecule has 0 saturated heterocycles. The minimum absolute atomic E-state index is 0.222. The number of aryl methyl sites for hydroxylation is 1. The summed E-state index contributed by atoms with van der Waals surface area (Å²) in [4.78, 5) is 26.0. The first-order chi connectivity index (χ1) is 15.5. The lowest BCUT2D eigenvalue weighted by atomic mass is 9.97. The number of hydrogen-bond acceptors (Lipinski definition) is 5. The van der Waals surface area contributed by atoms with E-state index in [1.54, 1.807) is 50.2 Å². The number of pyridine rings is 1. The molecule has 7 heteroatoms. The number of amides is 1. The van der Waals surface area contributed by atoms with Crippen LogP contribution < -0.4 is 10.1 Å². The van der Waals surface area contributed by atoms with Crippen molar-refractivity contribution < 1.29 is 9.53 Å². The highest BCUT2D eigenvalue weighted by Gasteiger charge is 2.16. The minimum atomic E-state index is -0.222. The summed E-state index contributed by atoms with van der Waals surface area (Å²) >= 11 is 6.21. The van der Waals surface area contributed by atoms with E-state index in [0.29, 0.717) is 34.1 Å². The fourth-order valence-corrected chi connectivity index (χ4v) is 3.66. The molecule has 0 aliphatic rings. The molecule has 0 fully saturated rings. The predicted octanol–water partition coefficient (Wildman–Crippen LogP) is 5.11. The number of ether oxygens (including phenoxy) is 1. The quantitative estimate of drug-likeness (QED) is 0.447. The average Bonchev–Trinajstić information content (AvgIpc) is 2.83. The number of hydrogen-bond donors (Lipinski definition) is 1. The molecule has 2 aromatic carbocycles. The van der Waals surface area contributed by atoms with Gasteiger partial charge in [-0.25, -0.2) is 0 Å². The van der Waals surface area contributed by atoms with Crippen molar-refractivity contribution in [2.75, 3.05) is 7.11 Å². The van der Waals surface area contributed by atoms with Crippen molar-refractivity contribution in [3.8, 4) is 28.1 Å². The molecule has 0 spiro atoms. The molecule has 2 heterocycles. The van der Waals surface area contributed by atoms with E-state index in [0.717, 1.165) is 22.3 Å². The van der Waals surface area contributed by atoms with E-state index >= 15 is 0 Å². The number of nitrogens with zero attached hydrogens (tertiary/aromatic N) is 3. The Morgan fingerprint density at radius 2 is 1.88 bits per heavy atom. The Morgan fingerprint density at radius 3 is 2.59 bits per heavy atom. The summed E-state index contributed by atoms with van der Waals surface area (Å²) in [5.41, 5.74) is 5.57. The topological polar surface area (TPSA) is 77.0 Å². The largest absolute Gasteiger partial charge is 0.495 e. The Balaban J connectivity index is 1.67. The molecule has 1 amide bonds. The zero-order valence-corrected chi connectivity index (χ0v) is 18.4. The summed E-state index contributed by atoms with van der Waals surface area (Å²) < 4.78 is 5.19. The van der Waals surface area contributed by atoms with Crippen molar-refractivity contribution in [1.82, 2.24) is 20.3 Å². The minimum Gasteiger partial charge on any atom is -0.495 e. The van der Waals surface area contributed by atoms with E-state index in [9.17, 15) is 4.79 Å². The summed E-state index contributed by atoms with van der Waals surface area (Å²) in [5, 5.41) is 3.47. The van der Waals surface area contributed by atoms with Crippen LogP contribution in [-0.4, -0.2) is 28.0 Å². The van der Waals surface area contributed by atoms with Gasteiger partial charge in [0, 0.05) is 48.0 Å². The lowest BCUT2D eigenvalue weighted by Crippen LogP contribution is -2.23. The summed E-state index contributed by atoms with van der Waals surface area (Å²) in [7, 11) is 1.56. The maximum Gasteiger partial charge on any atom is 0.252 e. The maximum absolute atomic E-state index is 13.2. The second-order valence-electron chi connectivity index (χ2n) is 7.25. The number of aromatic nitrogens is 3. The molecule has 0 bridgehead atoms. The van der Waals surface area contributed by atoms with Crippen molar-refractivity contribution >= 4 is 17.5 Å². The fraction of sp³-hybridized carbons (Fsp3) is 0.120. The Hall–Kier alpha value is -3.77. The van der Waals surface area contributed by atoms with Gasteiger partial charge in [-0.15, -0.1) is 0 Å². The molecule has 2 aromatic heterocycles. The summed E-state index contributed by atoms with van der Waals surface area (Å²) in [6.07, 6.45) is 8.43. The van der Waals surface area contributed by atoms with Crippen LogP contribution in [0.2, 0.25) is 5.02 Å². The fourth-order valence-electron chi connectivity index (χ4n) is 3.38. The Bertz CT molecular complexity index is 1260. The van der Waals surface area contributed by atoms with Gasteiger partial charge in [0.05, 0.1) is 24.0 Å². The first kappa shape index (κ1) is 21.5. The molecule has 4 aromatic rings. The third kappa shape index (κ3) is 4.76. The van der Waals surface area contributed by atoms with Gasteiger partial charge in [0.25, 0.3) is 5.91 Å². The van der Waals surface area contributed by atoms with Crippen LogP contribution in [0.3, 0.4) is 0 Å². The third-order valence-electron chi connectivity index (χ3n) is 4.98. The Morgan fingerprint density at radius 1 is 1.00 bits per heavy atom. The first-order valence-electron chi connectivity index (χ1n) is 9.98. The molecular formula is C25H21ClN4O2. The van der Waals surface area contributed by atoms with Crippen LogP contribution in [0.5, 0.6) is 5.75 Å². The van der Waals surface area contributed by atoms with E-state index in [1.165, 1.54) is 0 Å². The molecule has 1 N–H and O–H groups in total. The van der Waals surface area contributed by atoms with Crippen molar-refractivity contribution in [3.05, 3.63) is 95.2 Å². The molecule has 4 rings (SSSR count). The molecule has 0 saturated carbocycles. The zero-order chi connectivity index (χ0) is 22.5. The molecule has 0 unspecified atom stereocenters. The van der Waals surface area contributed by atoms with Crippen LogP contribution in [-0.2, 0) is 6.54 Å². The van der Waals surface area contributed by atoms with Crippen LogP contribution in [0, 0.1) is 6.92 Å². The van der Waals surface area contributed by atoms with Crippen molar-refractivity contribution in [1.29, 1.82) is 0 Å². The molecule has 0 atom stereocenters. The van der Waals surface area contributed by atoms with Gasteiger partial charge in [-0.1, -0.05) is 29.8 Å². The number of carbonyl (C=O) groups is 1. The second kappa shape index (κ2) is 9.58. The average molecular weight is 445 g/mol. The smallest absolute Gasteiger partial charge is 0.252 e. The number of benzene rings is 2. The summed E-state index contributed by atoms with van der Waals surface area (Å²) in [6.45, 7) is 2.30. The van der Waals surface area contributed by atoms with Gasteiger partial charge >= 0.3 is 0 Å². The van der Waals surface area contributed by atoms with E-state index in [4.69, 9.17) is 16.3 Å². The van der Waals surface area contributed by atoms with Crippen LogP contribution in [0.1, 0.15) is 21.5 Å². The summed E-state index contributed by atoms with van der Waals surface area (Å²) in [6, 6.07) is 13.2. The number of rotatable bonds is 6. The highest BCUT2D eigenvalue weighted by Crippen LogP contribution is 2.28. The Kier molecular flexibility index (Phi) is 6.42. The van der Waals surface area contributed by atoms with Gasteiger partial charge in [-0.3, -0.25) is 19.7 Å². The number of methoxy groups -OCH3 is 1. The normalized spacial score (nSPS) is 10.6. The molecule has 6 nitrogen and oxygen atoms in total. The molecule has 0 aliphatic heterocycles. The predicted molar refractivity (Wildman–Crippen MR) is 125 cm³/mol. The number of nitrogens with one attached hydrogen (secondary N) is 1. The molecular weight excluding hydrogens is 424 g/mol. The zero-order valence-electron chi connectivity index (χ0n) is 17.7.